The standard InChI is InChI=1S/C21H33N5O2/c1-15(2)20-17(5-4-14-28-20)23-18-7-10-22-21(24-18)25-12-8-16(9-13-25)26-11-3-6-19(26)27/h7,10,15-17,20H,3-6,8-9,11-14H2,1-2H3,(H,22,23,24)/t17-,20-/m0/s1. The second-order valence-electron chi connectivity index (χ2n) is 8.62. The van der Waals surface area contributed by atoms with Crippen LogP contribution in [0.2, 0.25) is 0 Å². The molecule has 1 aromatic heterocycles. The minimum absolute atomic E-state index is 0.223. The summed E-state index contributed by atoms with van der Waals surface area (Å²) in [4.78, 5) is 25.6. The molecule has 4 heterocycles. The zero-order chi connectivity index (χ0) is 19.5. The first-order chi connectivity index (χ1) is 13.6. The number of amides is 1. The molecule has 0 aliphatic carbocycles. The van der Waals surface area contributed by atoms with Crippen LogP contribution < -0.4 is 10.2 Å². The fraction of sp³-hybridized carbons (Fsp3) is 0.762. The van der Waals surface area contributed by atoms with Crippen LogP contribution in [0.15, 0.2) is 12.3 Å². The molecule has 154 valence electrons. The molecular weight excluding hydrogens is 354 g/mol. The summed E-state index contributed by atoms with van der Waals surface area (Å²) in [6, 6.07) is 2.63. The summed E-state index contributed by atoms with van der Waals surface area (Å²) in [5, 5.41) is 3.60. The maximum atomic E-state index is 12.0. The largest absolute Gasteiger partial charge is 0.376 e. The number of likely N-dealkylation sites (tertiary alicyclic amines) is 1. The molecule has 3 fully saturated rings. The van der Waals surface area contributed by atoms with Crippen LogP contribution in [0.5, 0.6) is 0 Å². The lowest BCUT2D eigenvalue weighted by Gasteiger charge is -2.37. The van der Waals surface area contributed by atoms with Crippen molar-refractivity contribution in [3.8, 4) is 0 Å². The SMILES string of the molecule is CC(C)[C@@H]1OCCC[C@@H]1Nc1ccnc(N2CCC(N3CCCC3=O)CC2)n1. The van der Waals surface area contributed by atoms with Crippen LogP contribution >= 0.6 is 0 Å². The number of carbonyl (C=O) groups excluding carboxylic acids is 1. The molecule has 0 spiro atoms. The summed E-state index contributed by atoms with van der Waals surface area (Å²) < 4.78 is 5.99. The van der Waals surface area contributed by atoms with Gasteiger partial charge in [-0.2, -0.15) is 4.98 Å². The van der Waals surface area contributed by atoms with E-state index in [2.05, 4.69) is 33.9 Å². The summed E-state index contributed by atoms with van der Waals surface area (Å²) >= 11 is 0. The number of nitrogens with one attached hydrogen (secondary N) is 1. The predicted octanol–water partition coefficient (Wildman–Crippen LogP) is 2.68. The van der Waals surface area contributed by atoms with Crippen LogP contribution in [0.4, 0.5) is 11.8 Å². The van der Waals surface area contributed by atoms with Crippen LogP contribution in [0, 0.1) is 5.92 Å². The first-order valence-corrected chi connectivity index (χ1v) is 10.9. The lowest BCUT2D eigenvalue weighted by atomic mass is 9.94. The van der Waals surface area contributed by atoms with Crippen LogP contribution in [0.25, 0.3) is 0 Å². The van der Waals surface area contributed by atoms with E-state index < -0.39 is 0 Å². The Morgan fingerprint density at radius 1 is 1.18 bits per heavy atom. The van der Waals surface area contributed by atoms with Crippen molar-refractivity contribution in [2.24, 2.45) is 5.92 Å². The number of ether oxygens (including phenoxy) is 1. The fourth-order valence-electron chi connectivity index (χ4n) is 4.82. The number of hydrogen-bond donors (Lipinski definition) is 1. The van der Waals surface area contributed by atoms with Crippen LogP contribution in [0.3, 0.4) is 0 Å². The van der Waals surface area contributed by atoms with Gasteiger partial charge in [-0.1, -0.05) is 13.8 Å². The van der Waals surface area contributed by atoms with Gasteiger partial charge >= 0.3 is 0 Å². The third-order valence-electron chi connectivity index (χ3n) is 6.30. The lowest BCUT2D eigenvalue weighted by Crippen LogP contribution is -2.46. The lowest BCUT2D eigenvalue weighted by molar-refractivity contribution is -0.130. The van der Waals surface area contributed by atoms with E-state index in [1.165, 1.54) is 0 Å². The molecule has 0 aromatic carbocycles. The third-order valence-corrected chi connectivity index (χ3v) is 6.30. The Morgan fingerprint density at radius 2 is 2.00 bits per heavy atom. The molecule has 3 saturated heterocycles. The maximum absolute atomic E-state index is 12.0. The molecule has 0 bridgehead atoms. The summed E-state index contributed by atoms with van der Waals surface area (Å²) in [5.41, 5.74) is 0. The highest BCUT2D eigenvalue weighted by Crippen LogP contribution is 2.26. The van der Waals surface area contributed by atoms with E-state index in [9.17, 15) is 4.79 Å². The smallest absolute Gasteiger partial charge is 0.227 e. The summed E-state index contributed by atoms with van der Waals surface area (Å²) in [6.45, 7) is 8.01. The molecule has 0 saturated carbocycles. The molecule has 7 nitrogen and oxygen atoms in total. The van der Waals surface area contributed by atoms with Crippen molar-refractivity contribution in [2.75, 3.05) is 36.5 Å². The van der Waals surface area contributed by atoms with E-state index in [4.69, 9.17) is 9.72 Å². The first kappa shape index (κ1) is 19.4. The van der Waals surface area contributed by atoms with Crippen molar-refractivity contribution < 1.29 is 9.53 Å². The van der Waals surface area contributed by atoms with Gasteiger partial charge in [0.1, 0.15) is 5.82 Å². The predicted molar refractivity (Wildman–Crippen MR) is 109 cm³/mol. The monoisotopic (exact) mass is 387 g/mol. The number of nitrogens with zero attached hydrogens (tertiary/aromatic N) is 4. The van der Waals surface area contributed by atoms with Crippen molar-refractivity contribution in [2.45, 2.75) is 70.6 Å². The molecule has 4 rings (SSSR count). The van der Waals surface area contributed by atoms with Crippen LogP contribution in [-0.4, -0.2) is 65.2 Å². The van der Waals surface area contributed by atoms with Gasteiger partial charge in [-0.3, -0.25) is 4.79 Å². The topological polar surface area (TPSA) is 70.6 Å². The Balaban J connectivity index is 1.37. The zero-order valence-corrected chi connectivity index (χ0v) is 17.1. The van der Waals surface area contributed by atoms with Gasteiger partial charge in [0.15, 0.2) is 0 Å². The van der Waals surface area contributed by atoms with E-state index in [0.717, 1.165) is 76.5 Å². The first-order valence-electron chi connectivity index (χ1n) is 10.9. The highest BCUT2D eigenvalue weighted by atomic mass is 16.5. The molecule has 2 atom stereocenters. The second kappa shape index (κ2) is 8.64. The number of carbonyl (C=O) groups is 1. The number of anilines is 2. The summed E-state index contributed by atoms with van der Waals surface area (Å²) in [6.07, 6.45) is 7.99. The molecule has 0 unspecified atom stereocenters. The average molecular weight is 388 g/mol. The van der Waals surface area contributed by atoms with Crippen molar-refractivity contribution in [1.82, 2.24) is 14.9 Å². The molecule has 1 amide bonds. The third kappa shape index (κ3) is 4.24. The van der Waals surface area contributed by atoms with E-state index in [1.54, 1.807) is 0 Å². The van der Waals surface area contributed by atoms with Crippen molar-refractivity contribution in [1.29, 1.82) is 0 Å². The summed E-state index contributed by atoms with van der Waals surface area (Å²) in [7, 11) is 0. The van der Waals surface area contributed by atoms with Gasteiger partial charge in [-0.15, -0.1) is 0 Å². The Bertz CT molecular complexity index is 675. The van der Waals surface area contributed by atoms with E-state index >= 15 is 0 Å². The van der Waals surface area contributed by atoms with E-state index in [1.807, 2.05) is 12.3 Å². The number of piperidine rings is 1. The molecule has 28 heavy (non-hydrogen) atoms. The quantitative estimate of drug-likeness (QED) is 0.838. The van der Waals surface area contributed by atoms with Gasteiger partial charge in [0.05, 0.1) is 12.1 Å². The van der Waals surface area contributed by atoms with Crippen molar-refractivity contribution in [3.05, 3.63) is 12.3 Å². The van der Waals surface area contributed by atoms with Gasteiger partial charge in [0.2, 0.25) is 11.9 Å². The second-order valence-corrected chi connectivity index (χ2v) is 8.62. The van der Waals surface area contributed by atoms with Gasteiger partial charge in [-0.05, 0) is 44.1 Å². The highest BCUT2D eigenvalue weighted by Gasteiger charge is 2.32. The number of rotatable bonds is 5. The van der Waals surface area contributed by atoms with Gasteiger partial charge in [0, 0.05) is 44.9 Å². The molecular formula is C21H33N5O2. The Labute approximate surface area is 167 Å². The van der Waals surface area contributed by atoms with Crippen molar-refractivity contribution >= 4 is 17.7 Å². The summed E-state index contributed by atoms with van der Waals surface area (Å²) in [5.74, 6) is 2.47. The number of hydrogen-bond acceptors (Lipinski definition) is 6. The molecule has 1 N–H and O–H groups in total. The molecule has 0 radical (unpaired) electrons. The van der Waals surface area contributed by atoms with E-state index in [-0.39, 0.29) is 6.10 Å². The molecule has 3 aliphatic rings. The van der Waals surface area contributed by atoms with Gasteiger partial charge in [-0.25, -0.2) is 4.98 Å². The Morgan fingerprint density at radius 3 is 2.71 bits per heavy atom. The maximum Gasteiger partial charge on any atom is 0.227 e. The normalized spacial score (nSPS) is 26.9. The average Bonchev–Trinajstić information content (AvgIpc) is 3.14. The van der Waals surface area contributed by atoms with Crippen LogP contribution in [0.1, 0.15) is 52.4 Å². The minimum Gasteiger partial charge on any atom is -0.376 e. The Hall–Kier alpha value is -1.89. The minimum atomic E-state index is 0.223. The molecule has 1 aromatic rings. The fourth-order valence-corrected chi connectivity index (χ4v) is 4.82. The zero-order valence-electron chi connectivity index (χ0n) is 17.1. The van der Waals surface area contributed by atoms with Crippen LogP contribution in [-0.2, 0) is 9.53 Å². The van der Waals surface area contributed by atoms with E-state index in [0.29, 0.717) is 23.9 Å². The van der Waals surface area contributed by atoms with Gasteiger partial charge < -0.3 is 19.9 Å². The molecule has 7 heteroatoms. The van der Waals surface area contributed by atoms with Gasteiger partial charge in [0.25, 0.3) is 0 Å². The highest BCUT2D eigenvalue weighted by molar-refractivity contribution is 5.78. The number of aromatic nitrogens is 2. The molecule has 3 aliphatic heterocycles. The Kier molecular flexibility index (Phi) is 5.99. The van der Waals surface area contributed by atoms with Crippen molar-refractivity contribution in [3.63, 3.8) is 0 Å².